The lowest BCUT2D eigenvalue weighted by atomic mass is 9.93. The number of halogens is 6. The van der Waals surface area contributed by atoms with Gasteiger partial charge in [-0.25, -0.2) is 0 Å². The molecule has 1 fully saturated rings. The van der Waals surface area contributed by atoms with E-state index in [4.69, 9.17) is 4.74 Å². The highest BCUT2D eigenvalue weighted by Gasteiger charge is 2.43. The third kappa shape index (κ3) is 6.55. The van der Waals surface area contributed by atoms with Crippen LogP contribution in [0.15, 0.2) is 42.5 Å². The van der Waals surface area contributed by atoms with Crippen molar-refractivity contribution in [2.45, 2.75) is 31.6 Å². The molecule has 13 heteroatoms. The van der Waals surface area contributed by atoms with Gasteiger partial charge in [-0.1, -0.05) is 18.2 Å². The van der Waals surface area contributed by atoms with Crippen molar-refractivity contribution in [3.8, 4) is 11.5 Å². The van der Waals surface area contributed by atoms with E-state index in [1.165, 1.54) is 17.0 Å². The van der Waals surface area contributed by atoms with Gasteiger partial charge in [0.2, 0.25) is 0 Å². The molecule has 1 aliphatic heterocycles. The maximum atomic E-state index is 14.2. The van der Waals surface area contributed by atoms with Gasteiger partial charge < -0.3 is 15.0 Å². The summed E-state index contributed by atoms with van der Waals surface area (Å²) >= 11 is 0. The SMILES string of the molecule is O=C(NCC[C@@H]1CCCN(c2c([N+](=O)[O-])ccc(Oc3ccccc3)c2C(F)(F)F)C1)C(F)(F)F. The Hall–Kier alpha value is -3.51. The largest absolute Gasteiger partial charge is 0.471 e. The number of nitrogens with one attached hydrogen (secondary N) is 1. The summed E-state index contributed by atoms with van der Waals surface area (Å²) in [6, 6.07) is 9.47. The van der Waals surface area contributed by atoms with Gasteiger partial charge >= 0.3 is 18.3 Å². The molecule has 1 atom stereocenters. The number of hydrogen-bond donors (Lipinski definition) is 1. The van der Waals surface area contributed by atoms with Crippen LogP contribution in [-0.4, -0.2) is 36.6 Å². The van der Waals surface area contributed by atoms with Gasteiger partial charge in [0.1, 0.15) is 22.7 Å². The molecule has 1 saturated heterocycles. The monoisotopic (exact) mass is 505 g/mol. The van der Waals surface area contributed by atoms with Crippen LogP contribution in [0, 0.1) is 16.0 Å². The van der Waals surface area contributed by atoms with E-state index in [9.17, 15) is 41.3 Å². The van der Waals surface area contributed by atoms with E-state index >= 15 is 0 Å². The lowest BCUT2D eigenvalue weighted by molar-refractivity contribution is -0.384. The molecule has 1 amide bonds. The third-order valence-electron chi connectivity index (χ3n) is 5.50. The number of para-hydroxylation sites is 1. The van der Waals surface area contributed by atoms with Crippen molar-refractivity contribution < 1.29 is 40.8 Å². The fourth-order valence-electron chi connectivity index (χ4n) is 4.00. The Balaban J connectivity index is 1.92. The smallest absolute Gasteiger partial charge is 0.457 e. The van der Waals surface area contributed by atoms with Crippen molar-refractivity contribution in [1.82, 2.24) is 5.32 Å². The Morgan fingerprint density at radius 2 is 1.80 bits per heavy atom. The normalized spacial score (nSPS) is 16.6. The minimum absolute atomic E-state index is 0.0632. The summed E-state index contributed by atoms with van der Waals surface area (Å²) in [6.45, 7) is -0.326. The molecule has 3 rings (SSSR count). The van der Waals surface area contributed by atoms with Gasteiger partial charge in [-0.2, -0.15) is 26.3 Å². The van der Waals surface area contributed by atoms with Crippen molar-refractivity contribution in [3.05, 3.63) is 58.1 Å². The fraction of sp³-hybridized carbons (Fsp3) is 0.409. The molecule has 2 aromatic rings. The predicted molar refractivity (Wildman–Crippen MR) is 113 cm³/mol. The zero-order valence-corrected chi connectivity index (χ0v) is 18.2. The van der Waals surface area contributed by atoms with E-state index in [0.29, 0.717) is 12.8 Å². The van der Waals surface area contributed by atoms with Gasteiger partial charge in [0.05, 0.1) is 4.92 Å². The molecule has 0 saturated carbocycles. The second-order valence-electron chi connectivity index (χ2n) is 7.97. The summed E-state index contributed by atoms with van der Waals surface area (Å²) in [5.41, 5.74) is -2.72. The summed E-state index contributed by atoms with van der Waals surface area (Å²) < 4.78 is 85.2. The Morgan fingerprint density at radius 3 is 2.40 bits per heavy atom. The number of carbonyl (C=O) groups excluding carboxylic acids is 1. The second-order valence-corrected chi connectivity index (χ2v) is 7.97. The molecule has 2 aromatic carbocycles. The van der Waals surface area contributed by atoms with Crippen LogP contribution in [0.2, 0.25) is 0 Å². The van der Waals surface area contributed by atoms with Crippen LogP contribution in [0.1, 0.15) is 24.8 Å². The first-order valence-corrected chi connectivity index (χ1v) is 10.6. The van der Waals surface area contributed by atoms with Crippen LogP contribution >= 0.6 is 0 Å². The number of alkyl halides is 6. The molecule has 0 aromatic heterocycles. The minimum Gasteiger partial charge on any atom is -0.457 e. The molecular weight excluding hydrogens is 484 g/mol. The van der Waals surface area contributed by atoms with Crippen LogP contribution in [0.5, 0.6) is 11.5 Å². The number of nitrogens with zero attached hydrogens (tertiary/aromatic N) is 2. The highest BCUT2D eigenvalue weighted by Crippen LogP contribution is 2.49. The average Bonchev–Trinajstić information content (AvgIpc) is 2.78. The van der Waals surface area contributed by atoms with E-state index in [1.807, 2.05) is 0 Å². The molecule has 0 bridgehead atoms. The van der Waals surface area contributed by atoms with Crippen LogP contribution in [0.25, 0.3) is 0 Å². The maximum Gasteiger partial charge on any atom is 0.471 e. The van der Waals surface area contributed by atoms with E-state index in [2.05, 4.69) is 0 Å². The Morgan fingerprint density at radius 1 is 1.11 bits per heavy atom. The number of nitro groups is 1. The third-order valence-corrected chi connectivity index (χ3v) is 5.50. The quantitative estimate of drug-likeness (QED) is 0.297. The number of ether oxygens (including phenoxy) is 1. The van der Waals surface area contributed by atoms with E-state index in [1.54, 1.807) is 23.5 Å². The highest BCUT2D eigenvalue weighted by molar-refractivity contribution is 5.81. The van der Waals surface area contributed by atoms with Crippen LogP contribution in [0.4, 0.5) is 37.7 Å². The number of hydrogen-bond acceptors (Lipinski definition) is 5. The number of amides is 1. The molecule has 0 unspecified atom stereocenters. The molecule has 190 valence electrons. The predicted octanol–water partition coefficient (Wildman–Crippen LogP) is 5.69. The number of piperidine rings is 1. The Bertz CT molecular complexity index is 1060. The van der Waals surface area contributed by atoms with Crippen LogP contribution < -0.4 is 15.0 Å². The molecular formula is C22H21F6N3O4. The van der Waals surface area contributed by atoms with Gasteiger partial charge in [0, 0.05) is 25.7 Å². The first-order chi connectivity index (χ1) is 16.4. The lowest BCUT2D eigenvalue weighted by Crippen LogP contribution is -2.40. The zero-order chi connectivity index (χ0) is 25.8. The second kappa shape index (κ2) is 10.4. The van der Waals surface area contributed by atoms with Gasteiger partial charge in [0.25, 0.3) is 5.69 Å². The van der Waals surface area contributed by atoms with Crippen LogP contribution in [-0.2, 0) is 11.0 Å². The molecule has 7 nitrogen and oxygen atoms in total. The maximum absolute atomic E-state index is 14.2. The molecule has 1 N–H and O–H groups in total. The van der Waals surface area contributed by atoms with Crippen molar-refractivity contribution in [3.63, 3.8) is 0 Å². The Labute approximate surface area is 195 Å². The molecule has 0 aliphatic carbocycles. The standard InChI is InChI=1S/C22H21F6N3O4/c23-21(24,25)18-17(35-15-6-2-1-3-7-15)9-8-16(31(33)34)19(18)30-12-4-5-14(13-30)10-11-29-20(32)22(26,27)28/h1-3,6-9,14H,4-5,10-13H2,(H,29,32)/t14-/m0/s1. The van der Waals surface area contributed by atoms with Crippen molar-refractivity contribution in [1.29, 1.82) is 0 Å². The van der Waals surface area contributed by atoms with E-state index < -0.39 is 51.8 Å². The van der Waals surface area contributed by atoms with Crippen molar-refractivity contribution >= 4 is 17.3 Å². The van der Waals surface area contributed by atoms with Gasteiger partial charge in [0.15, 0.2) is 0 Å². The molecule has 0 radical (unpaired) electrons. The minimum atomic E-state index is -5.04. The summed E-state index contributed by atoms with van der Waals surface area (Å²) in [6.07, 6.45) is -9.14. The summed E-state index contributed by atoms with van der Waals surface area (Å²) in [7, 11) is 0. The lowest BCUT2D eigenvalue weighted by Gasteiger charge is -2.35. The van der Waals surface area contributed by atoms with Crippen molar-refractivity contribution in [2.24, 2.45) is 5.92 Å². The Kier molecular flexibility index (Phi) is 7.76. The first-order valence-electron chi connectivity index (χ1n) is 10.6. The number of benzene rings is 2. The topological polar surface area (TPSA) is 84.7 Å². The average molecular weight is 505 g/mol. The zero-order valence-electron chi connectivity index (χ0n) is 18.2. The molecule has 1 heterocycles. The molecule has 35 heavy (non-hydrogen) atoms. The summed E-state index contributed by atoms with van der Waals surface area (Å²) in [5, 5.41) is 13.4. The van der Waals surface area contributed by atoms with Crippen molar-refractivity contribution in [2.75, 3.05) is 24.5 Å². The number of rotatable bonds is 7. The number of anilines is 1. The number of nitro benzene ring substituents is 1. The fourth-order valence-corrected chi connectivity index (χ4v) is 4.00. The van der Waals surface area contributed by atoms with Gasteiger partial charge in [-0.15, -0.1) is 0 Å². The van der Waals surface area contributed by atoms with Gasteiger partial charge in [-0.3, -0.25) is 14.9 Å². The first kappa shape index (κ1) is 26.1. The van der Waals surface area contributed by atoms with E-state index in [0.717, 1.165) is 12.1 Å². The summed E-state index contributed by atoms with van der Waals surface area (Å²) in [5.74, 6) is -3.00. The number of carbonyl (C=O) groups is 1. The molecule has 0 spiro atoms. The summed E-state index contributed by atoms with van der Waals surface area (Å²) in [4.78, 5) is 23.0. The highest BCUT2D eigenvalue weighted by atomic mass is 19.4. The molecule has 1 aliphatic rings. The van der Waals surface area contributed by atoms with E-state index in [-0.39, 0.29) is 31.8 Å². The van der Waals surface area contributed by atoms with Gasteiger partial charge in [-0.05, 0) is 43.4 Å². The van der Waals surface area contributed by atoms with Crippen LogP contribution in [0.3, 0.4) is 0 Å².